The fraction of sp³-hybridized carbons (Fsp3) is 0.300. The summed E-state index contributed by atoms with van der Waals surface area (Å²) in [5, 5.41) is 12.1. The first-order chi connectivity index (χ1) is 12.1. The van der Waals surface area contributed by atoms with Gasteiger partial charge in [0.1, 0.15) is 11.8 Å². The van der Waals surface area contributed by atoms with Gasteiger partial charge in [0.2, 0.25) is 5.91 Å². The van der Waals surface area contributed by atoms with Gasteiger partial charge in [-0.3, -0.25) is 4.79 Å². The van der Waals surface area contributed by atoms with E-state index in [0.717, 1.165) is 23.3 Å². The third-order valence-corrected chi connectivity index (χ3v) is 4.55. The first kappa shape index (κ1) is 17.0. The second kappa shape index (κ2) is 7.38. The average molecular weight is 339 g/mol. The van der Waals surface area contributed by atoms with E-state index in [4.69, 9.17) is 4.74 Å². The third-order valence-electron chi connectivity index (χ3n) is 4.55. The number of amides is 1. The molecule has 3 unspecified atom stereocenters. The number of carbonyl (C=O) groups is 2. The van der Waals surface area contributed by atoms with Crippen molar-refractivity contribution in [2.75, 3.05) is 7.11 Å². The molecule has 3 rings (SSSR count). The van der Waals surface area contributed by atoms with Crippen molar-refractivity contribution >= 4 is 11.9 Å². The fourth-order valence-electron chi connectivity index (χ4n) is 3.05. The number of nitrogens with one attached hydrogen (secondary N) is 1. The van der Waals surface area contributed by atoms with Crippen LogP contribution in [-0.2, 0) is 16.0 Å². The molecule has 0 heterocycles. The maximum atomic E-state index is 12.4. The second-order valence-electron chi connectivity index (χ2n) is 6.31. The van der Waals surface area contributed by atoms with Gasteiger partial charge in [0.05, 0.1) is 7.11 Å². The lowest BCUT2D eigenvalue weighted by Crippen LogP contribution is -2.43. The summed E-state index contributed by atoms with van der Waals surface area (Å²) in [7, 11) is 1.61. The SMILES string of the molecule is COc1cccc(C2CC2C(=O)NC(Cc2ccccc2)C(=O)O)c1. The van der Waals surface area contributed by atoms with Gasteiger partial charge in [-0.2, -0.15) is 0 Å². The zero-order valence-electron chi connectivity index (χ0n) is 14.0. The Hall–Kier alpha value is -2.82. The maximum Gasteiger partial charge on any atom is 0.326 e. The Bertz CT molecular complexity index is 759. The van der Waals surface area contributed by atoms with Gasteiger partial charge in [-0.25, -0.2) is 4.79 Å². The van der Waals surface area contributed by atoms with E-state index in [1.54, 1.807) is 7.11 Å². The molecule has 1 amide bonds. The molecule has 0 aromatic heterocycles. The topological polar surface area (TPSA) is 75.6 Å². The summed E-state index contributed by atoms with van der Waals surface area (Å²) < 4.78 is 5.21. The van der Waals surface area contributed by atoms with Crippen molar-refractivity contribution in [3.63, 3.8) is 0 Å². The third kappa shape index (κ3) is 4.18. The van der Waals surface area contributed by atoms with Crippen molar-refractivity contribution < 1.29 is 19.4 Å². The number of rotatable bonds is 7. The highest BCUT2D eigenvalue weighted by molar-refractivity contribution is 5.87. The molecule has 130 valence electrons. The van der Waals surface area contributed by atoms with Crippen LogP contribution in [0.1, 0.15) is 23.5 Å². The molecule has 2 aromatic rings. The Morgan fingerprint density at radius 3 is 2.64 bits per heavy atom. The van der Waals surface area contributed by atoms with E-state index in [1.165, 1.54) is 0 Å². The maximum absolute atomic E-state index is 12.4. The summed E-state index contributed by atoms with van der Waals surface area (Å²) in [6.07, 6.45) is 1.01. The summed E-state index contributed by atoms with van der Waals surface area (Å²) >= 11 is 0. The molecule has 0 spiro atoms. The van der Waals surface area contributed by atoms with Crippen LogP contribution >= 0.6 is 0 Å². The fourth-order valence-corrected chi connectivity index (χ4v) is 3.05. The molecule has 3 atom stereocenters. The van der Waals surface area contributed by atoms with Crippen LogP contribution < -0.4 is 10.1 Å². The molecule has 2 aromatic carbocycles. The number of carbonyl (C=O) groups excluding carboxylic acids is 1. The zero-order chi connectivity index (χ0) is 17.8. The normalized spacial score (nSPS) is 19.7. The molecule has 0 bridgehead atoms. The number of methoxy groups -OCH3 is 1. The molecule has 5 heteroatoms. The number of benzene rings is 2. The van der Waals surface area contributed by atoms with E-state index in [1.807, 2.05) is 54.6 Å². The molecule has 1 aliphatic carbocycles. The molecule has 0 aliphatic heterocycles. The lowest BCUT2D eigenvalue weighted by molar-refractivity contribution is -0.142. The molecule has 0 radical (unpaired) electrons. The van der Waals surface area contributed by atoms with Crippen LogP contribution in [0.25, 0.3) is 0 Å². The standard InChI is InChI=1S/C20H21NO4/c1-25-15-9-5-8-14(11-15)16-12-17(16)19(22)21-18(20(23)24)10-13-6-3-2-4-7-13/h2-9,11,16-18H,10,12H2,1H3,(H,21,22)(H,23,24). The van der Waals surface area contributed by atoms with Crippen LogP contribution in [-0.4, -0.2) is 30.1 Å². The van der Waals surface area contributed by atoms with Gasteiger partial charge in [-0.15, -0.1) is 0 Å². The average Bonchev–Trinajstić information content (AvgIpc) is 3.43. The molecular formula is C20H21NO4. The Morgan fingerprint density at radius 2 is 1.96 bits per heavy atom. The van der Waals surface area contributed by atoms with Crippen LogP contribution in [0.4, 0.5) is 0 Å². The lowest BCUT2D eigenvalue weighted by Gasteiger charge is -2.15. The van der Waals surface area contributed by atoms with Crippen LogP contribution in [0.3, 0.4) is 0 Å². The van der Waals surface area contributed by atoms with Gasteiger partial charge >= 0.3 is 5.97 Å². The number of carboxylic acids is 1. The number of hydrogen-bond donors (Lipinski definition) is 2. The van der Waals surface area contributed by atoms with Crippen LogP contribution in [0.15, 0.2) is 54.6 Å². The largest absolute Gasteiger partial charge is 0.497 e. The molecule has 1 fully saturated rings. The second-order valence-corrected chi connectivity index (χ2v) is 6.31. The molecule has 2 N–H and O–H groups in total. The minimum absolute atomic E-state index is 0.126. The van der Waals surface area contributed by atoms with Crippen molar-refractivity contribution in [2.24, 2.45) is 5.92 Å². The molecule has 25 heavy (non-hydrogen) atoms. The first-order valence-electron chi connectivity index (χ1n) is 8.29. The monoisotopic (exact) mass is 339 g/mol. The zero-order valence-corrected chi connectivity index (χ0v) is 14.0. The van der Waals surface area contributed by atoms with Gasteiger partial charge in [0.25, 0.3) is 0 Å². The summed E-state index contributed by atoms with van der Waals surface area (Å²) in [6, 6.07) is 16.1. The Kier molecular flexibility index (Phi) is 5.03. The van der Waals surface area contributed by atoms with Gasteiger partial charge in [0.15, 0.2) is 0 Å². The van der Waals surface area contributed by atoms with E-state index >= 15 is 0 Å². The highest BCUT2D eigenvalue weighted by Crippen LogP contribution is 2.48. The Labute approximate surface area is 146 Å². The minimum atomic E-state index is -1.02. The van der Waals surface area contributed by atoms with Crippen LogP contribution in [0, 0.1) is 5.92 Å². The van der Waals surface area contributed by atoms with E-state index in [9.17, 15) is 14.7 Å². The predicted molar refractivity (Wildman–Crippen MR) is 93.6 cm³/mol. The summed E-state index contributed by atoms with van der Waals surface area (Å²) in [4.78, 5) is 23.9. The lowest BCUT2D eigenvalue weighted by atomic mass is 10.1. The highest BCUT2D eigenvalue weighted by atomic mass is 16.5. The smallest absolute Gasteiger partial charge is 0.326 e. The van der Waals surface area contributed by atoms with Crippen molar-refractivity contribution in [3.05, 3.63) is 65.7 Å². The van der Waals surface area contributed by atoms with E-state index in [2.05, 4.69) is 5.32 Å². The minimum Gasteiger partial charge on any atom is -0.497 e. The molecular weight excluding hydrogens is 318 g/mol. The molecule has 1 saturated carbocycles. The first-order valence-corrected chi connectivity index (χ1v) is 8.29. The summed E-state index contributed by atoms with van der Waals surface area (Å²) in [6.45, 7) is 0. The molecule has 5 nitrogen and oxygen atoms in total. The number of hydrogen-bond acceptors (Lipinski definition) is 3. The predicted octanol–water partition coefficient (Wildman–Crippen LogP) is 2.61. The Balaban J connectivity index is 1.62. The summed E-state index contributed by atoms with van der Waals surface area (Å²) in [5.41, 5.74) is 1.93. The summed E-state index contributed by atoms with van der Waals surface area (Å²) in [5.74, 6) is -0.506. The van der Waals surface area contributed by atoms with E-state index in [-0.39, 0.29) is 24.2 Å². The van der Waals surface area contributed by atoms with Crippen molar-refractivity contribution in [1.29, 1.82) is 0 Å². The van der Waals surface area contributed by atoms with Gasteiger partial charge in [0, 0.05) is 12.3 Å². The Morgan fingerprint density at radius 1 is 1.20 bits per heavy atom. The van der Waals surface area contributed by atoms with E-state index in [0.29, 0.717) is 0 Å². The van der Waals surface area contributed by atoms with Crippen LogP contribution in [0.2, 0.25) is 0 Å². The number of ether oxygens (including phenoxy) is 1. The quantitative estimate of drug-likeness (QED) is 0.813. The highest BCUT2D eigenvalue weighted by Gasteiger charge is 2.44. The van der Waals surface area contributed by atoms with Crippen LogP contribution in [0.5, 0.6) is 5.75 Å². The molecule has 1 aliphatic rings. The number of carboxylic acid groups (broad SMARTS) is 1. The van der Waals surface area contributed by atoms with Gasteiger partial charge in [-0.1, -0.05) is 42.5 Å². The number of aliphatic carboxylic acids is 1. The van der Waals surface area contributed by atoms with Gasteiger partial charge < -0.3 is 15.2 Å². The molecule has 0 saturated heterocycles. The van der Waals surface area contributed by atoms with Crippen molar-refractivity contribution in [3.8, 4) is 5.75 Å². The van der Waals surface area contributed by atoms with Gasteiger partial charge in [-0.05, 0) is 35.6 Å². The van der Waals surface area contributed by atoms with Crippen molar-refractivity contribution in [1.82, 2.24) is 5.32 Å². The van der Waals surface area contributed by atoms with E-state index < -0.39 is 12.0 Å². The van der Waals surface area contributed by atoms with Crippen molar-refractivity contribution in [2.45, 2.75) is 24.8 Å².